The van der Waals surface area contributed by atoms with Gasteiger partial charge in [0.1, 0.15) is 0 Å². The Morgan fingerprint density at radius 1 is 0.727 bits per heavy atom. The van der Waals surface area contributed by atoms with E-state index in [0.29, 0.717) is 0 Å². The van der Waals surface area contributed by atoms with E-state index >= 15 is 0 Å². The Morgan fingerprint density at radius 3 is 1.55 bits per heavy atom. The van der Waals surface area contributed by atoms with Crippen LogP contribution in [0.2, 0.25) is 0 Å². The van der Waals surface area contributed by atoms with Crippen LogP contribution >= 0.6 is 0 Å². The normalized spacial score (nSPS) is 11.8. The van der Waals surface area contributed by atoms with Gasteiger partial charge in [-0.2, -0.15) is 0 Å². The summed E-state index contributed by atoms with van der Waals surface area (Å²) < 4.78 is 0. The summed E-state index contributed by atoms with van der Waals surface area (Å²) >= 11 is 0. The van der Waals surface area contributed by atoms with Crippen molar-refractivity contribution < 1.29 is 10.2 Å². The predicted octanol–water partition coefficient (Wildman–Crippen LogP) is 1.25. The number of aliphatic hydroxyl groups is 2. The summed E-state index contributed by atoms with van der Waals surface area (Å²) in [5.41, 5.74) is 0. The van der Waals surface area contributed by atoms with Crippen LogP contribution in [0, 0.1) is 0 Å². The van der Waals surface area contributed by atoms with E-state index in [1.807, 2.05) is 12.2 Å². The molecule has 0 saturated heterocycles. The third kappa shape index (κ3) is 9.40. The fourth-order valence-electron chi connectivity index (χ4n) is 0.738. The molecule has 0 atom stereocenters. The molecule has 0 fully saturated rings. The Balaban J connectivity index is 3.02. The van der Waals surface area contributed by atoms with Gasteiger partial charge in [-0.25, -0.2) is 0 Å². The SMILES string of the molecule is OC/C=C\CCC/C=C\CO. The molecule has 64 valence electrons. The molecule has 0 unspecified atom stereocenters. The van der Waals surface area contributed by atoms with Gasteiger partial charge in [0.15, 0.2) is 0 Å². The van der Waals surface area contributed by atoms with Crippen molar-refractivity contribution in [2.45, 2.75) is 19.3 Å². The van der Waals surface area contributed by atoms with Gasteiger partial charge in [0, 0.05) is 0 Å². The van der Waals surface area contributed by atoms with Gasteiger partial charge in [0.2, 0.25) is 0 Å². The van der Waals surface area contributed by atoms with E-state index in [1.54, 1.807) is 12.2 Å². The lowest BCUT2D eigenvalue weighted by Gasteiger charge is -1.88. The molecule has 0 heterocycles. The van der Waals surface area contributed by atoms with E-state index in [4.69, 9.17) is 10.2 Å². The topological polar surface area (TPSA) is 40.5 Å². The summed E-state index contributed by atoms with van der Waals surface area (Å²) in [6.45, 7) is 0.263. The number of aliphatic hydroxyl groups excluding tert-OH is 2. The largest absolute Gasteiger partial charge is 0.392 e. The average molecular weight is 156 g/mol. The lowest BCUT2D eigenvalue weighted by molar-refractivity contribution is 0.342. The summed E-state index contributed by atoms with van der Waals surface area (Å²) in [6, 6.07) is 0. The molecule has 0 aromatic rings. The summed E-state index contributed by atoms with van der Waals surface area (Å²) in [5, 5.41) is 16.7. The van der Waals surface area contributed by atoms with Gasteiger partial charge in [-0.05, 0) is 19.3 Å². The van der Waals surface area contributed by atoms with Crippen molar-refractivity contribution in [1.29, 1.82) is 0 Å². The Bertz CT molecular complexity index is 103. The van der Waals surface area contributed by atoms with Crippen molar-refractivity contribution in [3.05, 3.63) is 24.3 Å². The zero-order chi connectivity index (χ0) is 8.36. The van der Waals surface area contributed by atoms with Crippen LogP contribution in [0.1, 0.15) is 19.3 Å². The molecular formula is C9H16O2. The first kappa shape index (κ1) is 10.4. The van der Waals surface area contributed by atoms with Crippen LogP contribution in [0.5, 0.6) is 0 Å². The maximum Gasteiger partial charge on any atom is 0.0612 e. The Hall–Kier alpha value is -0.600. The zero-order valence-electron chi connectivity index (χ0n) is 6.74. The minimum Gasteiger partial charge on any atom is -0.392 e. The second-order valence-electron chi connectivity index (χ2n) is 2.24. The van der Waals surface area contributed by atoms with Crippen molar-refractivity contribution in [3.63, 3.8) is 0 Å². The highest BCUT2D eigenvalue weighted by Gasteiger charge is 1.79. The highest BCUT2D eigenvalue weighted by Crippen LogP contribution is 1.97. The number of allylic oxidation sites excluding steroid dienone is 2. The van der Waals surface area contributed by atoms with E-state index in [2.05, 4.69) is 0 Å². The van der Waals surface area contributed by atoms with Crippen LogP contribution < -0.4 is 0 Å². The summed E-state index contributed by atoms with van der Waals surface area (Å²) in [5.74, 6) is 0. The first-order valence-corrected chi connectivity index (χ1v) is 3.93. The van der Waals surface area contributed by atoms with Gasteiger partial charge in [-0.3, -0.25) is 0 Å². The predicted molar refractivity (Wildman–Crippen MR) is 46.3 cm³/mol. The van der Waals surface area contributed by atoms with Gasteiger partial charge in [0.25, 0.3) is 0 Å². The molecule has 0 aromatic carbocycles. The van der Waals surface area contributed by atoms with Crippen LogP contribution in [0.15, 0.2) is 24.3 Å². The van der Waals surface area contributed by atoms with Gasteiger partial charge >= 0.3 is 0 Å². The molecule has 11 heavy (non-hydrogen) atoms. The number of unbranched alkanes of at least 4 members (excludes halogenated alkanes) is 2. The first-order valence-electron chi connectivity index (χ1n) is 3.93. The van der Waals surface area contributed by atoms with Gasteiger partial charge < -0.3 is 10.2 Å². The van der Waals surface area contributed by atoms with Crippen molar-refractivity contribution in [2.24, 2.45) is 0 Å². The monoisotopic (exact) mass is 156 g/mol. The van der Waals surface area contributed by atoms with Gasteiger partial charge in [-0.15, -0.1) is 0 Å². The molecule has 2 heteroatoms. The zero-order valence-corrected chi connectivity index (χ0v) is 6.74. The van der Waals surface area contributed by atoms with E-state index in [-0.39, 0.29) is 13.2 Å². The fraction of sp³-hybridized carbons (Fsp3) is 0.556. The van der Waals surface area contributed by atoms with Crippen LogP contribution in [0.4, 0.5) is 0 Å². The summed E-state index contributed by atoms with van der Waals surface area (Å²) in [6.07, 6.45) is 10.5. The Morgan fingerprint density at radius 2 is 1.18 bits per heavy atom. The average Bonchev–Trinajstić information content (AvgIpc) is 2.03. The van der Waals surface area contributed by atoms with Crippen molar-refractivity contribution >= 4 is 0 Å². The van der Waals surface area contributed by atoms with Gasteiger partial charge in [-0.1, -0.05) is 24.3 Å². The van der Waals surface area contributed by atoms with E-state index in [1.165, 1.54) is 0 Å². The molecule has 2 nitrogen and oxygen atoms in total. The molecule has 0 amide bonds. The van der Waals surface area contributed by atoms with E-state index < -0.39 is 0 Å². The molecule has 0 aromatic heterocycles. The standard InChI is InChI=1S/C9H16O2/c10-8-6-4-2-1-3-5-7-9-11/h4-7,10-11H,1-3,8-9H2/b6-4-,7-5-. The minimum absolute atomic E-state index is 0.131. The van der Waals surface area contributed by atoms with Crippen LogP contribution in [0.3, 0.4) is 0 Å². The maximum absolute atomic E-state index is 8.37. The Labute approximate surface area is 67.9 Å². The maximum atomic E-state index is 8.37. The second-order valence-corrected chi connectivity index (χ2v) is 2.24. The van der Waals surface area contributed by atoms with Crippen LogP contribution in [0.25, 0.3) is 0 Å². The summed E-state index contributed by atoms with van der Waals surface area (Å²) in [7, 11) is 0. The third-order valence-corrected chi connectivity index (χ3v) is 1.29. The molecule has 0 aliphatic heterocycles. The number of hydrogen-bond donors (Lipinski definition) is 2. The Kier molecular flexibility index (Phi) is 8.89. The minimum atomic E-state index is 0.131. The lowest BCUT2D eigenvalue weighted by Crippen LogP contribution is -1.74. The van der Waals surface area contributed by atoms with Crippen LogP contribution in [-0.2, 0) is 0 Å². The van der Waals surface area contributed by atoms with E-state index in [0.717, 1.165) is 19.3 Å². The molecule has 0 rings (SSSR count). The second kappa shape index (κ2) is 9.40. The smallest absolute Gasteiger partial charge is 0.0612 e. The lowest BCUT2D eigenvalue weighted by atomic mass is 10.2. The highest BCUT2D eigenvalue weighted by molar-refractivity contribution is 4.84. The summed E-state index contributed by atoms with van der Waals surface area (Å²) in [4.78, 5) is 0. The highest BCUT2D eigenvalue weighted by atomic mass is 16.3. The molecular weight excluding hydrogens is 140 g/mol. The fourth-order valence-corrected chi connectivity index (χ4v) is 0.738. The number of rotatable bonds is 6. The molecule has 0 bridgehead atoms. The first-order chi connectivity index (χ1) is 5.41. The molecule has 0 radical (unpaired) electrons. The third-order valence-electron chi connectivity index (χ3n) is 1.29. The molecule has 2 N–H and O–H groups in total. The van der Waals surface area contributed by atoms with Crippen LogP contribution in [-0.4, -0.2) is 23.4 Å². The quantitative estimate of drug-likeness (QED) is 0.449. The molecule has 0 saturated carbocycles. The molecule has 0 aliphatic carbocycles. The van der Waals surface area contributed by atoms with Crippen molar-refractivity contribution in [3.8, 4) is 0 Å². The van der Waals surface area contributed by atoms with E-state index in [9.17, 15) is 0 Å². The molecule has 0 aliphatic rings. The molecule has 0 spiro atoms. The van der Waals surface area contributed by atoms with Crippen molar-refractivity contribution in [2.75, 3.05) is 13.2 Å². The van der Waals surface area contributed by atoms with Crippen molar-refractivity contribution in [1.82, 2.24) is 0 Å². The van der Waals surface area contributed by atoms with Gasteiger partial charge in [0.05, 0.1) is 13.2 Å². The number of hydrogen-bond acceptors (Lipinski definition) is 2.